The van der Waals surface area contributed by atoms with Gasteiger partial charge >= 0.3 is 0 Å². The third-order valence-electron chi connectivity index (χ3n) is 2.93. The van der Waals surface area contributed by atoms with Gasteiger partial charge < -0.3 is 4.57 Å². The van der Waals surface area contributed by atoms with Crippen molar-refractivity contribution in [3.05, 3.63) is 51.7 Å². The first-order valence-electron chi connectivity index (χ1n) is 5.79. The van der Waals surface area contributed by atoms with E-state index in [4.69, 9.17) is 0 Å². The van der Waals surface area contributed by atoms with Gasteiger partial charge in [-0.2, -0.15) is 5.10 Å². The Morgan fingerprint density at radius 1 is 1.41 bits per heavy atom. The molecular weight excluding hydrogens is 214 g/mol. The van der Waals surface area contributed by atoms with Crippen molar-refractivity contribution < 1.29 is 0 Å². The number of hydrogen-bond donors (Lipinski definition) is 0. The Labute approximate surface area is 101 Å². The quantitative estimate of drug-likeness (QED) is 0.803. The molecule has 0 unspecified atom stereocenters. The topological polar surface area (TPSA) is 39.8 Å². The smallest absolute Gasteiger partial charge is 0.253 e. The lowest BCUT2D eigenvalue weighted by Gasteiger charge is -2.06. The number of pyridine rings is 1. The Morgan fingerprint density at radius 3 is 2.82 bits per heavy atom. The van der Waals surface area contributed by atoms with Crippen LogP contribution in [-0.2, 0) is 20.0 Å². The highest BCUT2D eigenvalue weighted by atomic mass is 16.1. The van der Waals surface area contributed by atoms with Crippen LogP contribution in [0.3, 0.4) is 0 Å². The average molecular weight is 231 g/mol. The monoisotopic (exact) mass is 231 g/mol. The van der Waals surface area contributed by atoms with Crippen LogP contribution in [0.4, 0.5) is 0 Å². The largest absolute Gasteiger partial charge is 0.309 e. The van der Waals surface area contributed by atoms with E-state index in [0.717, 1.165) is 23.4 Å². The van der Waals surface area contributed by atoms with E-state index >= 15 is 0 Å². The van der Waals surface area contributed by atoms with Crippen LogP contribution < -0.4 is 5.56 Å². The molecule has 0 aliphatic heterocycles. The first-order valence-corrected chi connectivity index (χ1v) is 5.79. The number of rotatable bonds is 3. The van der Waals surface area contributed by atoms with E-state index in [2.05, 4.69) is 18.1 Å². The molecule has 2 aromatic heterocycles. The summed E-state index contributed by atoms with van der Waals surface area (Å²) in [7, 11) is 1.91. The van der Waals surface area contributed by atoms with E-state index in [-0.39, 0.29) is 5.56 Å². The van der Waals surface area contributed by atoms with Gasteiger partial charge in [-0.1, -0.05) is 13.0 Å². The number of hydrogen-bond acceptors (Lipinski definition) is 2. The molecule has 2 aromatic rings. The van der Waals surface area contributed by atoms with Crippen LogP contribution in [0.1, 0.15) is 23.9 Å². The lowest BCUT2D eigenvalue weighted by atomic mass is 10.3. The lowest BCUT2D eigenvalue weighted by Crippen LogP contribution is -2.22. The molecule has 0 atom stereocenters. The van der Waals surface area contributed by atoms with E-state index in [1.807, 2.05) is 37.0 Å². The van der Waals surface area contributed by atoms with Crippen molar-refractivity contribution in [2.75, 3.05) is 0 Å². The molecule has 2 rings (SSSR count). The number of nitrogens with zero attached hydrogens (tertiary/aromatic N) is 3. The Morgan fingerprint density at radius 2 is 2.18 bits per heavy atom. The molecular formula is C13H17N3O. The molecule has 4 nitrogen and oxygen atoms in total. The highest BCUT2D eigenvalue weighted by molar-refractivity contribution is 5.13. The molecule has 90 valence electrons. The maximum atomic E-state index is 11.9. The Bertz CT molecular complexity index is 581. The maximum Gasteiger partial charge on any atom is 0.253 e. The van der Waals surface area contributed by atoms with Crippen LogP contribution in [0.2, 0.25) is 0 Å². The molecule has 0 saturated heterocycles. The minimum absolute atomic E-state index is 0.0618. The number of aromatic nitrogens is 3. The SMILES string of the molecule is CCc1cc(Cn2cccc(C)c2=O)n(C)n1. The fraction of sp³-hybridized carbons (Fsp3) is 0.385. The molecule has 0 amide bonds. The van der Waals surface area contributed by atoms with E-state index in [9.17, 15) is 4.79 Å². The molecule has 2 heterocycles. The molecule has 0 aliphatic rings. The predicted molar refractivity (Wildman–Crippen MR) is 67.1 cm³/mol. The van der Waals surface area contributed by atoms with Crippen molar-refractivity contribution in [1.82, 2.24) is 14.3 Å². The Kier molecular flexibility index (Phi) is 3.13. The highest BCUT2D eigenvalue weighted by Crippen LogP contribution is 2.05. The normalized spacial score (nSPS) is 10.8. The van der Waals surface area contributed by atoms with Crippen molar-refractivity contribution in [1.29, 1.82) is 0 Å². The number of aryl methyl sites for hydroxylation is 3. The second-order valence-corrected chi connectivity index (χ2v) is 4.23. The summed E-state index contributed by atoms with van der Waals surface area (Å²) in [5.41, 5.74) is 2.94. The molecule has 0 saturated carbocycles. The van der Waals surface area contributed by atoms with Gasteiger partial charge in [0.2, 0.25) is 0 Å². The van der Waals surface area contributed by atoms with Gasteiger partial charge in [0, 0.05) is 18.8 Å². The van der Waals surface area contributed by atoms with E-state index in [1.54, 1.807) is 4.57 Å². The van der Waals surface area contributed by atoms with Gasteiger partial charge in [0.25, 0.3) is 5.56 Å². The summed E-state index contributed by atoms with van der Waals surface area (Å²) >= 11 is 0. The van der Waals surface area contributed by atoms with Gasteiger partial charge in [-0.25, -0.2) is 0 Å². The first-order chi connectivity index (χ1) is 8.11. The molecule has 17 heavy (non-hydrogen) atoms. The van der Waals surface area contributed by atoms with Crippen LogP contribution in [0.25, 0.3) is 0 Å². The van der Waals surface area contributed by atoms with Gasteiger partial charge in [0.05, 0.1) is 17.9 Å². The van der Waals surface area contributed by atoms with E-state index < -0.39 is 0 Å². The zero-order valence-electron chi connectivity index (χ0n) is 10.5. The molecule has 0 aliphatic carbocycles. The third kappa shape index (κ3) is 2.30. The molecule has 0 radical (unpaired) electrons. The third-order valence-corrected chi connectivity index (χ3v) is 2.93. The van der Waals surface area contributed by atoms with Gasteiger partial charge in [-0.3, -0.25) is 9.48 Å². The summed E-state index contributed by atoms with van der Waals surface area (Å²) in [4.78, 5) is 11.9. The molecule has 0 aromatic carbocycles. The van der Waals surface area contributed by atoms with Crippen LogP contribution in [0.15, 0.2) is 29.2 Å². The first kappa shape index (κ1) is 11.6. The van der Waals surface area contributed by atoms with Crippen LogP contribution in [0, 0.1) is 6.92 Å². The minimum Gasteiger partial charge on any atom is -0.309 e. The zero-order valence-corrected chi connectivity index (χ0v) is 10.5. The van der Waals surface area contributed by atoms with E-state index in [0.29, 0.717) is 6.54 Å². The van der Waals surface area contributed by atoms with Crippen molar-refractivity contribution in [2.24, 2.45) is 7.05 Å². The molecule has 0 fully saturated rings. The minimum atomic E-state index is 0.0618. The van der Waals surface area contributed by atoms with Gasteiger partial charge in [0.15, 0.2) is 0 Å². The summed E-state index contributed by atoms with van der Waals surface area (Å²) in [5.74, 6) is 0. The van der Waals surface area contributed by atoms with Crippen LogP contribution >= 0.6 is 0 Å². The fourth-order valence-corrected chi connectivity index (χ4v) is 1.85. The summed E-state index contributed by atoms with van der Waals surface area (Å²) < 4.78 is 3.55. The van der Waals surface area contributed by atoms with Crippen LogP contribution in [-0.4, -0.2) is 14.3 Å². The summed E-state index contributed by atoms with van der Waals surface area (Å²) in [6.45, 7) is 4.48. The standard InChI is InChI=1S/C13H17N3O/c1-4-11-8-12(15(3)14-11)9-16-7-5-6-10(2)13(16)17/h5-8H,4,9H2,1-3H3. The van der Waals surface area contributed by atoms with Crippen molar-refractivity contribution in [3.8, 4) is 0 Å². The Balaban J connectivity index is 2.34. The second-order valence-electron chi connectivity index (χ2n) is 4.23. The lowest BCUT2D eigenvalue weighted by molar-refractivity contribution is 0.647. The molecule has 4 heteroatoms. The van der Waals surface area contributed by atoms with Crippen molar-refractivity contribution in [2.45, 2.75) is 26.8 Å². The zero-order chi connectivity index (χ0) is 12.4. The van der Waals surface area contributed by atoms with Crippen LogP contribution in [0.5, 0.6) is 0 Å². The molecule has 0 bridgehead atoms. The van der Waals surface area contributed by atoms with Gasteiger partial charge in [-0.05, 0) is 25.5 Å². The Hall–Kier alpha value is -1.84. The second kappa shape index (κ2) is 4.57. The van der Waals surface area contributed by atoms with E-state index in [1.165, 1.54) is 0 Å². The summed E-state index contributed by atoms with van der Waals surface area (Å²) in [5, 5.41) is 4.38. The van der Waals surface area contributed by atoms with Crippen molar-refractivity contribution >= 4 is 0 Å². The highest BCUT2D eigenvalue weighted by Gasteiger charge is 2.06. The summed E-state index contributed by atoms with van der Waals surface area (Å²) in [6.07, 6.45) is 2.73. The van der Waals surface area contributed by atoms with Gasteiger partial charge in [-0.15, -0.1) is 0 Å². The van der Waals surface area contributed by atoms with Gasteiger partial charge in [0.1, 0.15) is 0 Å². The molecule has 0 spiro atoms. The maximum absolute atomic E-state index is 11.9. The summed E-state index contributed by atoms with van der Waals surface area (Å²) in [6, 6.07) is 5.78. The molecule has 0 N–H and O–H groups in total. The average Bonchev–Trinajstić information content (AvgIpc) is 2.66. The predicted octanol–water partition coefficient (Wildman–Crippen LogP) is 1.50. The van der Waals surface area contributed by atoms with Crippen molar-refractivity contribution in [3.63, 3.8) is 0 Å². The fourth-order valence-electron chi connectivity index (χ4n) is 1.85.